The maximum atomic E-state index is 6.20. The van der Waals surface area contributed by atoms with Crippen LogP contribution in [0.15, 0.2) is 54.6 Å². The van der Waals surface area contributed by atoms with Gasteiger partial charge in [-0.15, -0.1) is 0 Å². The number of aromatic nitrogens is 2. The Morgan fingerprint density at radius 2 is 1.83 bits per heavy atom. The molecule has 5 heteroatoms. The summed E-state index contributed by atoms with van der Waals surface area (Å²) in [5.41, 5.74) is 9.86. The molecule has 1 aromatic heterocycles. The number of benzene rings is 2. The van der Waals surface area contributed by atoms with Crippen molar-refractivity contribution in [1.29, 1.82) is 0 Å². The summed E-state index contributed by atoms with van der Waals surface area (Å²) in [4.78, 5) is 8.61. The van der Waals surface area contributed by atoms with Gasteiger partial charge in [0.05, 0.1) is 5.69 Å². The van der Waals surface area contributed by atoms with E-state index in [9.17, 15) is 0 Å². The van der Waals surface area contributed by atoms with Gasteiger partial charge in [-0.25, -0.2) is 4.98 Å². The highest BCUT2D eigenvalue weighted by Gasteiger charge is 2.09. The zero-order chi connectivity index (χ0) is 16.9. The molecular weight excluding hydrogens is 320 g/mol. The average molecular weight is 339 g/mol. The summed E-state index contributed by atoms with van der Waals surface area (Å²) in [6.07, 6.45) is 0.913. The number of nitrogens with one attached hydrogen (secondary N) is 1. The number of hydrogen-bond acceptors (Lipinski definition) is 4. The van der Waals surface area contributed by atoms with Gasteiger partial charge >= 0.3 is 0 Å². The summed E-state index contributed by atoms with van der Waals surface area (Å²) in [7, 11) is 0. The predicted octanol–water partition coefficient (Wildman–Crippen LogP) is 4.34. The van der Waals surface area contributed by atoms with Crippen LogP contribution in [0.1, 0.15) is 11.1 Å². The van der Waals surface area contributed by atoms with E-state index in [0.29, 0.717) is 10.8 Å². The fourth-order valence-electron chi connectivity index (χ4n) is 2.56. The molecule has 0 amide bonds. The summed E-state index contributed by atoms with van der Waals surface area (Å²) in [5.74, 6) is 0.960. The SMILES string of the molecule is Cc1c(Cl)cccc1-c1cc(NCCc2ccccc2)nc(N)n1. The Kier molecular flexibility index (Phi) is 4.96. The van der Waals surface area contributed by atoms with E-state index in [1.165, 1.54) is 5.56 Å². The van der Waals surface area contributed by atoms with Crippen LogP contribution in [0.4, 0.5) is 11.8 Å². The zero-order valence-electron chi connectivity index (χ0n) is 13.5. The smallest absolute Gasteiger partial charge is 0.222 e. The lowest BCUT2D eigenvalue weighted by molar-refractivity contribution is 1.00. The van der Waals surface area contributed by atoms with Crippen molar-refractivity contribution >= 4 is 23.4 Å². The van der Waals surface area contributed by atoms with E-state index in [0.717, 1.165) is 29.8 Å². The quantitative estimate of drug-likeness (QED) is 0.726. The molecular formula is C19H19ClN4. The zero-order valence-corrected chi connectivity index (χ0v) is 14.2. The molecule has 122 valence electrons. The molecule has 3 N–H and O–H groups in total. The lowest BCUT2D eigenvalue weighted by Gasteiger charge is -2.11. The van der Waals surface area contributed by atoms with Crippen LogP contribution < -0.4 is 11.1 Å². The molecule has 3 aromatic rings. The van der Waals surface area contributed by atoms with Crippen molar-refractivity contribution in [2.45, 2.75) is 13.3 Å². The highest BCUT2D eigenvalue weighted by atomic mass is 35.5. The number of halogens is 1. The Labute approximate surface area is 146 Å². The molecule has 0 bridgehead atoms. The minimum Gasteiger partial charge on any atom is -0.370 e. The average Bonchev–Trinajstić information content (AvgIpc) is 2.58. The molecule has 4 nitrogen and oxygen atoms in total. The van der Waals surface area contributed by atoms with Crippen molar-refractivity contribution < 1.29 is 0 Å². The standard InChI is InChI=1S/C19H19ClN4/c1-13-15(8-5-9-16(13)20)17-12-18(24-19(21)23-17)22-11-10-14-6-3-2-4-7-14/h2-9,12H,10-11H2,1H3,(H3,21,22,23,24). The van der Waals surface area contributed by atoms with Crippen LogP contribution in [-0.4, -0.2) is 16.5 Å². The van der Waals surface area contributed by atoms with Gasteiger partial charge in [0.15, 0.2) is 0 Å². The number of nitrogen functional groups attached to an aromatic ring is 1. The summed E-state index contributed by atoms with van der Waals surface area (Å²) >= 11 is 6.20. The van der Waals surface area contributed by atoms with Crippen molar-refractivity contribution in [3.05, 3.63) is 70.7 Å². The van der Waals surface area contributed by atoms with Gasteiger partial charge in [-0.1, -0.05) is 54.1 Å². The van der Waals surface area contributed by atoms with E-state index < -0.39 is 0 Å². The first-order chi connectivity index (χ1) is 11.6. The maximum Gasteiger partial charge on any atom is 0.222 e. The molecule has 0 unspecified atom stereocenters. The van der Waals surface area contributed by atoms with E-state index in [-0.39, 0.29) is 5.95 Å². The third kappa shape index (κ3) is 3.84. The molecule has 0 atom stereocenters. The lowest BCUT2D eigenvalue weighted by atomic mass is 10.1. The van der Waals surface area contributed by atoms with E-state index >= 15 is 0 Å². The van der Waals surface area contributed by atoms with Crippen LogP contribution in [0.5, 0.6) is 0 Å². The third-order valence-corrected chi connectivity index (χ3v) is 4.26. The minimum absolute atomic E-state index is 0.245. The molecule has 3 rings (SSSR count). The number of anilines is 2. The lowest BCUT2D eigenvalue weighted by Crippen LogP contribution is -2.08. The van der Waals surface area contributed by atoms with Gasteiger partial charge in [-0.2, -0.15) is 4.98 Å². The van der Waals surface area contributed by atoms with E-state index in [2.05, 4.69) is 27.4 Å². The Morgan fingerprint density at radius 3 is 2.62 bits per heavy atom. The van der Waals surface area contributed by atoms with Gasteiger partial charge in [0.25, 0.3) is 0 Å². The molecule has 0 spiro atoms. The number of nitrogens with two attached hydrogens (primary N) is 1. The van der Waals surface area contributed by atoms with Gasteiger partial charge in [0.1, 0.15) is 5.82 Å². The van der Waals surface area contributed by atoms with Gasteiger partial charge in [0.2, 0.25) is 5.95 Å². The summed E-state index contributed by atoms with van der Waals surface area (Å²) in [6, 6.07) is 18.0. The first kappa shape index (κ1) is 16.3. The number of nitrogens with zero attached hydrogens (tertiary/aromatic N) is 2. The first-order valence-electron chi connectivity index (χ1n) is 7.81. The minimum atomic E-state index is 0.245. The van der Waals surface area contributed by atoms with Crippen LogP contribution >= 0.6 is 11.6 Å². The van der Waals surface area contributed by atoms with Crippen LogP contribution in [0.2, 0.25) is 5.02 Å². The highest BCUT2D eigenvalue weighted by Crippen LogP contribution is 2.28. The second-order valence-corrected chi connectivity index (χ2v) is 5.98. The van der Waals surface area contributed by atoms with Gasteiger partial charge in [0, 0.05) is 23.2 Å². The molecule has 0 aliphatic heterocycles. The molecule has 0 aliphatic rings. The molecule has 0 radical (unpaired) electrons. The monoisotopic (exact) mass is 338 g/mol. The van der Waals surface area contributed by atoms with Crippen molar-refractivity contribution in [2.75, 3.05) is 17.6 Å². The third-order valence-electron chi connectivity index (χ3n) is 3.85. The van der Waals surface area contributed by atoms with Crippen molar-refractivity contribution in [3.63, 3.8) is 0 Å². The predicted molar refractivity (Wildman–Crippen MR) is 100 cm³/mol. The van der Waals surface area contributed by atoms with Crippen LogP contribution in [0.3, 0.4) is 0 Å². The highest BCUT2D eigenvalue weighted by molar-refractivity contribution is 6.31. The first-order valence-corrected chi connectivity index (χ1v) is 8.19. The molecule has 1 heterocycles. The van der Waals surface area contributed by atoms with E-state index in [4.69, 9.17) is 17.3 Å². The van der Waals surface area contributed by atoms with Crippen LogP contribution in [-0.2, 0) is 6.42 Å². The molecule has 0 aliphatic carbocycles. The van der Waals surface area contributed by atoms with Crippen molar-refractivity contribution in [1.82, 2.24) is 9.97 Å². The Bertz CT molecular complexity index is 834. The van der Waals surface area contributed by atoms with Gasteiger partial charge in [-0.05, 0) is 30.5 Å². The van der Waals surface area contributed by atoms with Crippen molar-refractivity contribution in [3.8, 4) is 11.3 Å². The second kappa shape index (κ2) is 7.32. The summed E-state index contributed by atoms with van der Waals surface area (Å²) in [5, 5.41) is 4.03. The molecule has 0 saturated carbocycles. The fraction of sp³-hybridized carbons (Fsp3) is 0.158. The molecule has 0 saturated heterocycles. The van der Waals surface area contributed by atoms with E-state index in [1.54, 1.807) is 0 Å². The Balaban J connectivity index is 1.78. The van der Waals surface area contributed by atoms with Gasteiger partial charge < -0.3 is 11.1 Å². The van der Waals surface area contributed by atoms with Crippen LogP contribution in [0.25, 0.3) is 11.3 Å². The topological polar surface area (TPSA) is 63.8 Å². The number of hydrogen-bond donors (Lipinski definition) is 2. The van der Waals surface area contributed by atoms with Gasteiger partial charge in [-0.3, -0.25) is 0 Å². The normalized spacial score (nSPS) is 10.6. The molecule has 2 aromatic carbocycles. The Morgan fingerprint density at radius 1 is 1.04 bits per heavy atom. The summed E-state index contributed by atoms with van der Waals surface area (Å²) < 4.78 is 0. The number of rotatable bonds is 5. The maximum absolute atomic E-state index is 6.20. The largest absolute Gasteiger partial charge is 0.370 e. The Hall–Kier alpha value is -2.59. The summed E-state index contributed by atoms with van der Waals surface area (Å²) in [6.45, 7) is 2.74. The second-order valence-electron chi connectivity index (χ2n) is 5.57. The fourth-order valence-corrected chi connectivity index (χ4v) is 2.73. The van der Waals surface area contributed by atoms with E-state index in [1.807, 2.05) is 49.4 Å². The molecule has 24 heavy (non-hydrogen) atoms. The van der Waals surface area contributed by atoms with Crippen molar-refractivity contribution in [2.24, 2.45) is 0 Å². The van der Waals surface area contributed by atoms with Crippen LogP contribution in [0, 0.1) is 6.92 Å². The molecule has 0 fully saturated rings.